The molecule has 1 aliphatic rings. The summed E-state index contributed by atoms with van der Waals surface area (Å²) in [4.78, 5) is 0. The molecule has 0 radical (unpaired) electrons. The zero-order valence-corrected chi connectivity index (χ0v) is 8.52. The third-order valence-electron chi connectivity index (χ3n) is 2.49. The van der Waals surface area contributed by atoms with Crippen LogP contribution in [-0.2, 0) is 0 Å². The second-order valence-corrected chi connectivity index (χ2v) is 4.37. The third kappa shape index (κ3) is 1.17. The first kappa shape index (κ1) is 7.89. The first-order valence-corrected chi connectivity index (χ1v) is 5.37. The molecule has 0 spiro atoms. The zero-order valence-electron chi connectivity index (χ0n) is 7.52. The Kier molecular flexibility index (Phi) is 1.94. The van der Waals surface area contributed by atoms with Crippen LogP contribution in [-0.4, -0.2) is 0 Å². The second-order valence-electron chi connectivity index (χ2n) is 3.30. The highest BCUT2D eigenvalue weighted by Crippen LogP contribution is 2.35. The quantitative estimate of drug-likeness (QED) is 0.612. The highest BCUT2D eigenvalue weighted by atomic mass is 31.0. The van der Waals surface area contributed by atoms with Crippen molar-refractivity contribution >= 4 is 13.8 Å². The highest BCUT2D eigenvalue weighted by molar-refractivity contribution is 7.31. The van der Waals surface area contributed by atoms with E-state index < -0.39 is 0 Å². The molecule has 0 aromatic carbocycles. The lowest BCUT2D eigenvalue weighted by atomic mass is 10.1. The number of hydrogen-bond donors (Lipinski definition) is 0. The van der Waals surface area contributed by atoms with Crippen molar-refractivity contribution in [2.75, 3.05) is 0 Å². The van der Waals surface area contributed by atoms with Gasteiger partial charge >= 0.3 is 0 Å². The van der Waals surface area contributed by atoms with E-state index in [-0.39, 0.29) is 0 Å². The van der Waals surface area contributed by atoms with Crippen molar-refractivity contribution in [3.05, 3.63) is 40.4 Å². The van der Waals surface area contributed by atoms with Crippen molar-refractivity contribution in [2.24, 2.45) is 0 Å². The fourth-order valence-electron chi connectivity index (χ4n) is 1.56. The van der Waals surface area contributed by atoms with Gasteiger partial charge in [0.1, 0.15) is 0 Å². The van der Waals surface area contributed by atoms with E-state index in [2.05, 4.69) is 37.9 Å². The van der Waals surface area contributed by atoms with Crippen LogP contribution in [0.2, 0.25) is 0 Å². The minimum Gasteiger partial charge on any atom is -0.131 e. The molecule has 0 amide bonds. The molecule has 12 heavy (non-hydrogen) atoms. The van der Waals surface area contributed by atoms with Crippen molar-refractivity contribution in [1.82, 2.24) is 0 Å². The van der Waals surface area contributed by atoms with Gasteiger partial charge in [-0.15, -0.1) is 8.19 Å². The molecule has 1 atom stereocenters. The Hall–Kier alpha value is -0.740. The minimum absolute atomic E-state index is 0.904. The van der Waals surface area contributed by atoms with Crippen LogP contribution in [0.5, 0.6) is 0 Å². The van der Waals surface area contributed by atoms with Crippen molar-refractivity contribution in [1.29, 1.82) is 0 Å². The van der Waals surface area contributed by atoms with Gasteiger partial charge in [0, 0.05) is 0 Å². The highest BCUT2D eigenvalue weighted by Gasteiger charge is 2.08. The van der Waals surface area contributed by atoms with Gasteiger partial charge in [-0.2, -0.15) is 0 Å². The molecule has 0 aliphatic heterocycles. The molecule has 1 aromatic heterocycles. The van der Waals surface area contributed by atoms with Gasteiger partial charge in [-0.05, 0) is 48.1 Å². The van der Waals surface area contributed by atoms with Gasteiger partial charge in [0.2, 0.25) is 0 Å². The Morgan fingerprint density at radius 2 is 2.17 bits per heavy atom. The molecular weight excluding hydrogens is 163 g/mol. The van der Waals surface area contributed by atoms with Crippen LogP contribution in [0.3, 0.4) is 0 Å². The first-order chi connectivity index (χ1) is 5.79. The molecule has 0 N–H and O–H groups in total. The Bertz CT molecular complexity index is 353. The summed E-state index contributed by atoms with van der Waals surface area (Å²) in [5.41, 5.74) is 4.50. The van der Waals surface area contributed by atoms with E-state index in [4.69, 9.17) is 0 Å². The fourth-order valence-corrected chi connectivity index (χ4v) is 2.92. The SMILES string of the molecule is Cc1c[pH]c(C2=CC=CC2)c1C. The van der Waals surface area contributed by atoms with E-state index in [1.807, 2.05) is 0 Å². The minimum atomic E-state index is 0.904. The largest absolute Gasteiger partial charge is 0.131 e. The van der Waals surface area contributed by atoms with E-state index in [0.717, 1.165) is 14.6 Å². The average Bonchev–Trinajstić information content (AvgIpc) is 2.64. The van der Waals surface area contributed by atoms with Gasteiger partial charge in [0.15, 0.2) is 0 Å². The Morgan fingerprint density at radius 3 is 2.67 bits per heavy atom. The number of aryl methyl sites for hydroxylation is 1. The van der Waals surface area contributed by atoms with Crippen molar-refractivity contribution in [2.45, 2.75) is 20.3 Å². The van der Waals surface area contributed by atoms with Crippen molar-refractivity contribution in [3.63, 3.8) is 0 Å². The van der Waals surface area contributed by atoms with E-state index in [9.17, 15) is 0 Å². The Labute approximate surface area is 75.1 Å². The van der Waals surface area contributed by atoms with Crippen LogP contribution < -0.4 is 0 Å². The molecule has 1 heteroatoms. The summed E-state index contributed by atoms with van der Waals surface area (Å²) in [7, 11) is 0.904. The molecule has 0 saturated carbocycles. The fraction of sp³-hybridized carbons (Fsp3) is 0.273. The molecular formula is C11H13P. The average molecular weight is 176 g/mol. The molecule has 0 fully saturated rings. The first-order valence-electron chi connectivity index (χ1n) is 4.29. The van der Waals surface area contributed by atoms with Crippen LogP contribution in [0.15, 0.2) is 24.0 Å². The number of allylic oxidation sites excluding steroid dienone is 4. The summed E-state index contributed by atoms with van der Waals surface area (Å²) >= 11 is 0. The summed E-state index contributed by atoms with van der Waals surface area (Å²) in [5, 5.41) is 1.58. The van der Waals surface area contributed by atoms with Gasteiger partial charge in [0.25, 0.3) is 0 Å². The zero-order chi connectivity index (χ0) is 8.55. The van der Waals surface area contributed by atoms with Crippen LogP contribution in [0.4, 0.5) is 0 Å². The number of rotatable bonds is 1. The lowest BCUT2D eigenvalue weighted by Gasteiger charge is -2.00. The van der Waals surface area contributed by atoms with Crippen LogP contribution in [0.25, 0.3) is 5.57 Å². The van der Waals surface area contributed by atoms with Crippen LogP contribution >= 0.6 is 8.19 Å². The maximum Gasteiger partial charge on any atom is -0.00236 e. The van der Waals surface area contributed by atoms with Gasteiger partial charge in [-0.25, -0.2) is 0 Å². The molecule has 1 aromatic rings. The molecule has 1 unspecified atom stereocenters. The summed E-state index contributed by atoms with van der Waals surface area (Å²) in [5.74, 6) is 2.35. The molecule has 0 saturated heterocycles. The van der Waals surface area contributed by atoms with Gasteiger partial charge < -0.3 is 0 Å². The topological polar surface area (TPSA) is 0 Å². The van der Waals surface area contributed by atoms with Crippen molar-refractivity contribution < 1.29 is 0 Å². The lowest BCUT2D eigenvalue weighted by Crippen LogP contribution is -1.79. The second kappa shape index (κ2) is 2.95. The van der Waals surface area contributed by atoms with E-state index >= 15 is 0 Å². The van der Waals surface area contributed by atoms with Crippen LogP contribution in [0.1, 0.15) is 22.8 Å². The van der Waals surface area contributed by atoms with Gasteiger partial charge in [-0.1, -0.05) is 18.2 Å². The van der Waals surface area contributed by atoms with E-state index in [0.29, 0.717) is 0 Å². The molecule has 0 nitrogen and oxygen atoms in total. The summed E-state index contributed by atoms with van der Waals surface area (Å²) in [6.07, 6.45) is 7.78. The van der Waals surface area contributed by atoms with Gasteiger partial charge in [-0.3, -0.25) is 0 Å². The number of hydrogen-bond acceptors (Lipinski definition) is 0. The Morgan fingerprint density at radius 1 is 1.33 bits per heavy atom. The third-order valence-corrected chi connectivity index (χ3v) is 4.05. The summed E-state index contributed by atoms with van der Waals surface area (Å²) < 4.78 is 0. The van der Waals surface area contributed by atoms with Crippen molar-refractivity contribution in [3.8, 4) is 0 Å². The summed E-state index contributed by atoms with van der Waals surface area (Å²) in [6, 6.07) is 0. The normalized spacial score (nSPS) is 16.0. The predicted octanol–water partition coefficient (Wildman–Crippen LogP) is 3.68. The molecule has 1 heterocycles. The maximum absolute atomic E-state index is 2.35. The van der Waals surface area contributed by atoms with E-state index in [1.165, 1.54) is 16.7 Å². The summed E-state index contributed by atoms with van der Waals surface area (Å²) in [6.45, 7) is 4.44. The predicted molar refractivity (Wildman–Crippen MR) is 57.2 cm³/mol. The lowest BCUT2D eigenvalue weighted by molar-refractivity contribution is 1.36. The Balaban J connectivity index is 2.41. The smallest absolute Gasteiger partial charge is 0.00236 e. The van der Waals surface area contributed by atoms with Crippen LogP contribution in [0, 0.1) is 13.8 Å². The van der Waals surface area contributed by atoms with Gasteiger partial charge in [0.05, 0.1) is 0 Å². The molecule has 62 valence electrons. The standard InChI is InChI=1S/C11H13P/c1-8-7-12-11(9(8)2)10-5-3-4-6-10/h3-5,7,12H,6H2,1-2H3. The maximum atomic E-state index is 2.35. The monoisotopic (exact) mass is 176 g/mol. The molecule has 2 rings (SSSR count). The molecule has 0 bridgehead atoms. The molecule has 1 aliphatic carbocycles. The van der Waals surface area contributed by atoms with E-state index in [1.54, 1.807) is 5.30 Å².